The summed E-state index contributed by atoms with van der Waals surface area (Å²) >= 11 is 0. The molecule has 0 bridgehead atoms. The summed E-state index contributed by atoms with van der Waals surface area (Å²) in [5.41, 5.74) is 9.33. The van der Waals surface area contributed by atoms with Crippen molar-refractivity contribution in [2.24, 2.45) is 51.5 Å². The summed E-state index contributed by atoms with van der Waals surface area (Å²) in [5.74, 6) is 2.61. The van der Waals surface area contributed by atoms with Crippen molar-refractivity contribution in [1.29, 1.82) is 0 Å². The van der Waals surface area contributed by atoms with E-state index in [1.165, 1.54) is 25.7 Å². The number of carbonyl (C=O) groups is 1. The van der Waals surface area contributed by atoms with E-state index in [9.17, 15) is 14.3 Å². The highest BCUT2D eigenvalue weighted by molar-refractivity contribution is 5.79. The molecule has 0 aromatic heterocycles. The van der Waals surface area contributed by atoms with Gasteiger partial charge in [-0.2, -0.15) is 0 Å². The van der Waals surface area contributed by atoms with E-state index >= 15 is 0 Å². The summed E-state index contributed by atoms with van der Waals surface area (Å²) in [4.78, 5) is 14.6. The molecule has 6 heteroatoms. The van der Waals surface area contributed by atoms with Gasteiger partial charge in [0.25, 0.3) is 0 Å². The van der Waals surface area contributed by atoms with Crippen LogP contribution in [0.15, 0.2) is 5.11 Å². The lowest BCUT2D eigenvalue weighted by molar-refractivity contribution is -0.166. The predicted molar refractivity (Wildman–Crippen MR) is 119 cm³/mol. The molecule has 4 saturated carbocycles. The molecule has 0 radical (unpaired) electrons. The van der Waals surface area contributed by atoms with Gasteiger partial charge in [-0.1, -0.05) is 25.9 Å². The van der Waals surface area contributed by atoms with Gasteiger partial charge in [0.2, 0.25) is 0 Å². The van der Waals surface area contributed by atoms with Gasteiger partial charge in [-0.05, 0) is 110 Å². The second kappa shape index (κ2) is 8.67. The van der Waals surface area contributed by atoms with E-state index in [1.54, 1.807) is 0 Å². The van der Waals surface area contributed by atoms with Crippen molar-refractivity contribution in [3.05, 3.63) is 10.4 Å². The standard InChI is InChI=1S/C25H40FN3O2/c1-15(4-5-18(30)14-26)19-6-7-20-23-21(9-11-25(19,20)3)24(2)10-8-17(28-29-27)12-16(24)13-22(23)31/h15-17,19-23,31H,4-14H2,1-3H3/t15-,16?,17?,19-,20+,21+,22-,23?,24?,25?/m1/s1. The van der Waals surface area contributed by atoms with Gasteiger partial charge in [-0.3, -0.25) is 4.79 Å². The average Bonchev–Trinajstić information content (AvgIpc) is 3.10. The zero-order valence-electron chi connectivity index (χ0n) is 19.5. The van der Waals surface area contributed by atoms with Crippen LogP contribution in [-0.2, 0) is 4.79 Å². The van der Waals surface area contributed by atoms with Crippen molar-refractivity contribution in [2.45, 2.75) is 97.1 Å². The number of carbonyl (C=O) groups excluding carboxylic acids is 1. The van der Waals surface area contributed by atoms with E-state index in [4.69, 9.17) is 5.53 Å². The third-order valence-electron chi connectivity index (χ3n) is 10.7. The van der Waals surface area contributed by atoms with E-state index in [0.29, 0.717) is 41.9 Å². The van der Waals surface area contributed by atoms with E-state index < -0.39 is 6.67 Å². The Morgan fingerprint density at radius 1 is 1.16 bits per heavy atom. The third kappa shape index (κ3) is 3.82. The Labute approximate surface area is 186 Å². The van der Waals surface area contributed by atoms with Crippen LogP contribution in [-0.4, -0.2) is 29.7 Å². The highest BCUT2D eigenvalue weighted by Crippen LogP contribution is 2.68. The lowest BCUT2D eigenvalue weighted by Crippen LogP contribution is -2.58. The number of azide groups is 1. The predicted octanol–water partition coefficient (Wildman–Crippen LogP) is 6.25. The summed E-state index contributed by atoms with van der Waals surface area (Å²) in [5, 5.41) is 15.4. The molecule has 0 heterocycles. The Morgan fingerprint density at radius 3 is 2.58 bits per heavy atom. The Bertz CT molecular complexity index is 740. The molecule has 174 valence electrons. The fourth-order valence-corrected chi connectivity index (χ4v) is 9.01. The Hall–Kier alpha value is -1.13. The van der Waals surface area contributed by atoms with Gasteiger partial charge in [0.05, 0.1) is 6.10 Å². The largest absolute Gasteiger partial charge is 0.393 e. The number of alkyl halides is 1. The average molecular weight is 434 g/mol. The van der Waals surface area contributed by atoms with Crippen molar-refractivity contribution >= 4 is 5.78 Å². The highest BCUT2D eigenvalue weighted by atomic mass is 19.1. The highest BCUT2D eigenvalue weighted by Gasteiger charge is 2.62. The van der Waals surface area contributed by atoms with Crippen molar-refractivity contribution in [3.63, 3.8) is 0 Å². The molecule has 4 aliphatic rings. The second-order valence-electron chi connectivity index (χ2n) is 11.8. The van der Waals surface area contributed by atoms with Gasteiger partial charge in [-0.15, -0.1) is 0 Å². The lowest BCUT2D eigenvalue weighted by atomic mass is 9.43. The van der Waals surface area contributed by atoms with Crippen LogP contribution >= 0.6 is 0 Å². The molecule has 0 saturated heterocycles. The minimum Gasteiger partial charge on any atom is -0.393 e. The summed E-state index contributed by atoms with van der Waals surface area (Å²) in [7, 11) is 0. The smallest absolute Gasteiger partial charge is 0.163 e. The number of ketones is 1. The number of nitrogens with zero attached hydrogens (tertiary/aromatic N) is 3. The van der Waals surface area contributed by atoms with Crippen LogP contribution in [0.1, 0.15) is 85.0 Å². The Morgan fingerprint density at radius 2 is 1.87 bits per heavy atom. The van der Waals surface area contributed by atoms with Crippen LogP contribution in [0.25, 0.3) is 10.4 Å². The van der Waals surface area contributed by atoms with E-state index in [-0.39, 0.29) is 28.8 Å². The molecule has 0 aromatic carbocycles. The van der Waals surface area contributed by atoms with Crippen molar-refractivity contribution in [1.82, 2.24) is 0 Å². The molecule has 0 spiro atoms. The van der Waals surface area contributed by atoms with Gasteiger partial charge in [0.1, 0.15) is 6.67 Å². The summed E-state index contributed by atoms with van der Waals surface area (Å²) in [6.45, 7) is 6.31. The molecular formula is C25H40FN3O2. The zero-order valence-corrected chi connectivity index (χ0v) is 19.5. The number of hydrogen-bond donors (Lipinski definition) is 1. The van der Waals surface area contributed by atoms with Crippen LogP contribution in [0.5, 0.6) is 0 Å². The van der Waals surface area contributed by atoms with Gasteiger partial charge in [0.15, 0.2) is 5.78 Å². The lowest BCUT2D eigenvalue weighted by Gasteiger charge is -2.62. The molecule has 31 heavy (non-hydrogen) atoms. The van der Waals surface area contributed by atoms with Crippen LogP contribution < -0.4 is 0 Å². The molecule has 4 fully saturated rings. The minimum atomic E-state index is -0.840. The number of halogens is 1. The fraction of sp³-hybridized carbons (Fsp3) is 0.960. The number of fused-ring (bicyclic) bond motifs is 5. The van der Waals surface area contributed by atoms with Gasteiger partial charge in [-0.25, -0.2) is 4.39 Å². The third-order valence-corrected chi connectivity index (χ3v) is 10.7. The van der Waals surface area contributed by atoms with E-state index in [2.05, 4.69) is 30.8 Å². The first kappa shape index (κ1) is 23.0. The van der Waals surface area contributed by atoms with Gasteiger partial charge < -0.3 is 5.11 Å². The summed E-state index contributed by atoms with van der Waals surface area (Å²) in [6, 6.07) is 0.0874. The molecule has 4 aliphatic carbocycles. The Kier molecular flexibility index (Phi) is 6.44. The van der Waals surface area contributed by atoms with Crippen LogP contribution in [0.2, 0.25) is 0 Å². The Balaban J connectivity index is 1.52. The topological polar surface area (TPSA) is 86.1 Å². The summed E-state index contributed by atoms with van der Waals surface area (Å²) in [6.07, 6.45) is 9.41. The molecule has 10 atom stereocenters. The number of aliphatic hydroxyl groups is 1. The maximum Gasteiger partial charge on any atom is 0.163 e. The number of hydrogen-bond acceptors (Lipinski definition) is 3. The number of Topliss-reactive ketones (excluding diaryl/α,β-unsaturated/α-hetero) is 1. The van der Waals surface area contributed by atoms with Gasteiger partial charge >= 0.3 is 0 Å². The van der Waals surface area contributed by atoms with Gasteiger partial charge in [0, 0.05) is 17.4 Å². The first-order valence-corrected chi connectivity index (χ1v) is 12.5. The van der Waals surface area contributed by atoms with E-state index in [0.717, 1.165) is 32.1 Å². The SMILES string of the molecule is C[C@H](CCC(=O)CF)[C@H]1CC[C@H]2C3[C@H](O)CC4CC(N=[N+]=[N-])CCC4(C)[C@H]3CCC12C. The maximum atomic E-state index is 12.6. The number of aliphatic hydroxyl groups excluding tert-OH is 1. The molecule has 0 aromatic rings. The quantitative estimate of drug-likeness (QED) is 0.305. The van der Waals surface area contributed by atoms with Crippen molar-refractivity contribution < 1.29 is 14.3 Å². The maximum absolute atomic E-state index is 12.6. The normalized spacial score (nSPS) is 47.5. The minimum absolute atomic E-state index is 0.0874. The zero-order chi connectivity index (χ0) is 22.4. The molecule has 0 amide bonds. The molecule has 5 nitrogen and oxygen atoms in total. The molecule has 0 aliphatic heterocycles. The van der Waals surface area contributed by atoms with E-state index in [1.807, 2.05) is 0 Å². The molecule has 1 N–H and O–H groups in total. The first-order chi connectivity index (χ1) is 14.7. The number of rotatable bonds is 6. The molecular weight excluding hydrogens is 393 g/mol. The van der Waals surface area contributed by atoms with Crippen LogP contribution in [0.3, 0.4) is 0 Å². The van der Waals surface area contributed by atoms with Crippen molar-refractivity contribution in [2.75, 3.05) is 6.67 Å². The molecule has 5 unspecified atom stereocenters. The summed E-state index contributed by atoms with van der Waals surface area (Å²) < 4.78 is 12.6. The van der Waals surface area contributed by atoms with Crippen molar-refractivity contribution in [3.8, 4) is 0 Å². The fourth-order valence-electron chi connectivity index (χ4n) is 9.01. The second-order valence-corrected chi connectivity index (χ2v) is 11.8. The van der Waals surface area contributed by atoms with Crippen LogP contribution in [0.4, 0.5) is 4.39 Å². The molecule has 4 rings (SSSR count). The monoisotopic (exact) mass is 433 g/mol. The van der Waals surface area contributed by atoms with Crippen LogP contribution in [0, 0.1) is 46.3 Å². The first-order valence-electron chi connectivity index (χ1n) is 12.5.